The summed E-state index contributed by atoms with van der Waals surface area (Å²) in [6.07, 6.45) is 2.65. The molecule has 1 saturated heterocycles. The number of benzene rings is 2. The van der Waals surface area contributed by atoms with Gasteiger partial charge in [0.1, 0.15) is 17.2 Å². The highest BCUT2D eigenvalue weighted by molar-refractivity contribution is 6.11. The van der Waals surface area contributed by atoms with Crippen molar-refractivity contribution in [3.05, 3.63) is 58.9 Å². The fourth-order valence-electron chi connectivity index (χ4n) is 4.44. The van der Waals surface area contributed by atoms with Crippen LogP contribution in [0.3, 0.4) is 0 Å². The van der Waals surface area contributed by atoms with Crippen LogP contribution >= 0.6 is 0 Å². The summed E-state index contributed by atoms with van der Waals surface area (Å²) >= 11 is 0. The molecule has 0 spiro atoms. The Morgan fingerprint density at radius 2 is 1.97 bits per heavy atom. The van der Waals surface area contributed by atoms with Gasteiger partial charge < -0.3 is 14.6 Å². The highest BCUT2D eigenvalue weighted by Crippen LogP contribution is 2.40. The van der Waals surface area contributed by atoms with Crippen LogP contribution in [0.25, 0.3) is 22.3 Å². The van der Waals surface area contributed by atoms with Crippen molar-refractivity contribution in [2.75, 3.05) is 13.6 Å². The first-order valence-corrected chi connectivity index (χ1v) is 10.3. The molecule has 1 atom stereocenters. The number of halogens is 1. The molecule has 30 heavy (non-hydrogen) atoms. The van der Waals surface area contributed by atoms with E-state index in [1.807, 2.05) is 17.0 Å². The van der Waals surface area contributed by atoms with Gasteiger partial charge in [0.2, 0.25) is 5.91 Å². The molecule has 2 amide bonds. The lowest BCUT2D eigenvalue weighted by Gasteiger charge is -2.25. The van der Waals surface area contributed by atoms with E-state index in [4.69, 9.17) is 4.42 Å². The van der Waals surface area contributed by atoms with Crippen LogP contribution in [0.1, 0.15) is 54.2 Å². The summed E-state index contributed by atoms with van der Waals surface area (Å²) in [5, 5.41) is 3.41. The first-order valence-electron chi connectivity index (χ1n) is 10.3. The van der Waals surface area contributed by atoms with Gasteiger partial charge in [-0.2, -0.15) is 0 Å². The average molecular weight is 408 g/mol. The van der Waals surface area contributed by atoms with Crippen molar-refractivity contribution in [1.29, 1.82) is 0 Å². The number of aryl methyl sites for hydroxylation is 1. The highest BCUT2D eigenvalue weighted by Gasteiger charge is 2.31. The number of hydrogen-bond donors (Lipinski definition) is 1. The molecule has 156 valence electrons. The SMILES string of the molecule is CCc1cc2c(C(=O)NC)c(-c3ccc(F)cc3)oc2cc1C1CCCN1C(C)=O. The number of rotatable bonds is 4. The summed E-state index contributed by atoms with van der Waals surface area (Å²) in [4.78, 5) is 26.8. The third-order valence-corrected chi connectivity index (χ3v) is 5.91. The number of hydrogen-bond acceptors (Lipinski definition) is 3. The van der Waals surface area contributed by atoms with Crippen molar-refractivity contribution in [3.8, 4) is 11.3 Å². The van der Waals surface area contributed by atoms with Crippen LogP contribution in [0.15, 0.2) is 40.8 Å². The highest BCUT2D eigenvalue weighted by atomic mass is 19.1. The first-order chi connectivity index (χ1) is 14.4. The second-order valence-corrected chi connectivity index (χ2v) is 7.66. The molecular weight excluding hydrogens is 383 g/mol. The van der Waals surface area contributed by atoms with Gasteiger partial charge in [0.25, 0.3) is 5.91 Å². The molecule has 1 aliphatic rings. The van der Waals surface area contributed by atoms with Crippen molar-refractivity contribution >= 4 is 22.8 Å². The van der Waals surface area contributed by atoms with Crippen LogP contribution in [0, 0.1) is 5.82 Å². The largest absolute Gasteiger partial charge is 0.455 e. The van der Waals surface area contributed by atoms with Gasteiger partial charge in [-0.05, 0) is 66.8 Å². The van der Waals surface area contributed by atoms with E-state index < -0.39 is 0 Å². The molecule has 0 aliphatic carbocycles. The molecule has 3 aromatic rings. The normalized spacial score (nSPS) is 16.3. The number of nitrogens with zero attached hydrogens (tertiary/aromatic N) is 1. The third-order valence-electron chi connectivity index (χ3n) is 5.91. The molecular formula is C24H25FN2O3. The predicted octanol–water partition coefficient (Wildman–Crippen LogP) is 4.84. The van der Waals surface area contributed by atoms with Gasteiger partial charge >= 0.3 is 0 Å². The molecule has 0 bridgehead atoms. The zero-order valence-corrected chi connectivity index (χ0v) is 17.4. The molecule has 2 heterocycles. The zero-order valence-electron chi connectivity index (χ0n) is 17.4. The lowest BCUT2D eigenvalue weighted by atomic mass is 9.93. The molecule has 0 radical (unpaired) electrons. The Morgan fingerprint density at radius 3 is 2.60 bits per heavy atom. The van der Waals surface area contributed by atoms with Crippen LogP contribution in [0.2, 0.25) is 0 Å². The first kappa shape index (κ1) is 20.1. The lowest BCUT2D eigenvalue weighted by Crippen LogP contribution is -2.28. The fourth-order valence-corrected chi connectivity index (χ4v) is 4.44. The van der Waals surface area contributed by atoms with E-state index in [1.165, 1.54) is 12.1 Å². The van der Waals surface area contributed by atoms with Gasteiger partial charge in [-0.25, -0.2) is 4.39 Å². The molecule has 1 aliphatic heterocycles. The van der Waals surface area contributed by atoms with Gasteiger partial charge in [0, 0.05) is 31.5 Å². The third kappa shape index (κ3) is 3.36. The molecule has 6 heteroatoms. The Balaban J connectivity index is 1.93. The minimum atomic E-state index is -0.350. The number of amides is 2. The van der Waals surface area contributed by atoms with E-state index in [2.05, 4.69) is 12.2 Å². The minimum absolute atomic E-state index is 0.0182. The maximum Gasteiger partial charge on any atom is 0.255 e. The molecule has 4 rings (SSSR count). The summed E-state index contributed by atoms with van der Waals surface area (Å²) in [5.74, 6) is -0.123. The number of likely N-dealkylation sites (tertiary alicyclic amines) is 1. The summed E-state index contributed by atoms with van der Waals surface area (Å²) in [5.41, 5.74) is 3.83. The number of furan rings is 1. The van der Waals surface area contributed by atoms with Gasteiger partial charge in [-0.1, -0.05) is 6.92 Å². The Hall–Kier alpha value is -3.15. The lowest BCUT2D eigenvalue weighted by molar-refractivity contribution is -0.129. The monoisotopic (exact) mass is 408 g/mol. The van der Waals surface area contributed by atoms with Gasteiger partial charge in [0.05, 0.1) is 11.6 Å². The number of carbonyl (C=O) groups excluding carboxylic acids is 2. The quantitative estimate of drug-likeness (QED) is 0.672. The topological polar surface area (TPSA) is 62.6 Å². The van der Waals surface area contributed by atoms with Gasteiger partial charge in [0.15, 0.2) is 0 Å². The number of nitrogens with one attached hydrogen (secondary N) is 1. The fraction of sp³-hybridized carbons (Fsp3) is 0.333. The molecule has 1 N–H and O–H groups in total. The van der Waals surface area contributed by atoms with Crippen molar-refractivity contribution in [2.45, 2.75) is 39.2 Å². The maximum atomic E-state index is 13.4. The Kier molecular flexibility index (Phi) is 5.33. The Labute approximate surface area is 174 Å². The molecule has 5 nitrogen and oxygen atoms in total. The van der Waals surface area contributed by atoms with E-state index in [1.54, 1.807) is 26.1 Å². The summed E-state index contributed by atoms with van der Waals surface area (Å²) < 4.78 is 19.6. The second kappa shape index (κ2) is 7.94. The molecule has 1 fully saturated rings. The molecule has 0 saturated carbocycles. The molecule has 1 aromatic heterocycles. The minimum Gasteiger partial charge on any atom is -0.455 e. The number of fused-ring (bicyclic) bond motifs is 1. The van der Waals surface area contributed by atoms with Crippen LogP contribution in [-0.2, 0) is 11.2 Å². The standard InChI is InChI=1S/C24H25FN2O3/c1-4-15-12-19-21(13-18(15)20-6-5-11-27(20)14(2)28)30-23(22(19)24(29)26-3)16-7-9-17(25)10-8-16/h7-10,12-13,20H,4-6,11H2,1-3H3,(H,26,29). The summed E-state index contributed by atoms with van der Waals surface area (Å²) in [6, 6.07) is 9.90. The number of carbonyl (C=O) groups is 2. The molecule has 1 unspecified atom stereocenters. The van der Waals surface area contributed by atoms with Crippen molar-refractivity contribution in [3.63, 3.8) is 0 Å². The van der Waals surface area contributed by atoms with Gasteiger partial charge in [-0.15, -0.1) is 0 Å². The van der Waals surface area contributed by atoms with Crippen LogP contribution in [-0.4, -0.2) is 30.3 Å². The summed E-state index contributed by atoms with van der Waals surface area (Å²) in [7, 11) is 1.58. The van der Waals surface area contributed by atoms with Crippen LogP contribution in [0.4, 0.5) is 4.39 Å². The van der Waals surface area contributed by atoms with E-state index in [0.717, 1.165) is 42.3 Å². The van der Waals surface area contributed by atoms with Crippen molar-refractivity contribution in [1.82, 2.24) is 10.2 Å². The molecule has 2 aromatic carbocycles. The van der Waals surface area contributed by atoms with E-state index in [9.17, 15) is 14.0 Å². The van der Waals surface area contributed by atoms with E-state index >= 15 is 0 Å². The zero-order chi connectivity index (χ0) is 21.4. The van der Waals surface area contributed by atoms with Crippen molar-refractivity contribution < 1.29 is 18.4 Å². The Bertz CT molecular complexity index is 1120. The van der Waals surface area contributed by atoms with Gasteiger partial charge in [-0.3, -0.25) is 9.59 Å². The maximum absolute atomic E-state index is 13.4. The van der Waals surface area contributed by atoms with Crippen molar-refractivity contribution in [2.24, 2.45) is 0 Å². The Morgan fingerprint density at radius 1 is 1.23 bits per heavy atom. The predicted molar refractivity (Wildman–Crippen MR) is 114 cm³/mol. The second-order valence-electron chi connectivity index (χ2n) is 7.66. The van der Waals surface area contributed by atoms with Crippen LogP contribution < -0.4 is 5.32 Å². The average Bonchev–Trinajstić information content (AvgIpc) is 3.37. The smallest absolute Gasteiger partial charge is 0.255 e. The summed E-state index contributed by atoms with van der Waals surface area (Å²) in [6.45, 7) is 4.42. The van der Waals surface area contributed by atoms with E-state index in [0.29, 0.717) is 22.5 Å². The van der Waals surface area contributed by atoms with Crippen LogP contribution in [0.5, 0.6) is 0 Å². The van der Waals surface area contributed by atoms with E-state index in [-0.39, 0.29) is 23.7 Å².